The summed E-state index contributed by atoms with van der Waals surface area (Å²) >= 11 is 0. The van der Waals surface area contributed by atoms with Crippen LogP contribution in [0.4, 0.5) is 5.69 Å². The van der Waals surface area contributed by atoms with Crippen molar-refractivity contribution >= 4 is 17.6 Å². The maximum atomic E-state index is 12.3. The molecule has 0 aliphatic rings. The van der Waals surface area contributed by atoms with E-state index in [1.165, 1.54) is 17.9 Å². The van der Waals surface area contributed by atoms with E-state index in [0.717, 1.165) is 11.1 Å². The summed E-state index contributed by atoms with van der Waals surface area (Å²) in [7, 11) is 0. The Morgan fingerprint density at radius 1 is 1.11 bits per heavy atom. The molecule has 3 rings (SSSR count). The lowest BCUT2D eigenvalue weighted by molar-refractivity contribution is -0.123. The molecule has 3 aromatic rings. The average molecular weight is 365 g/mol. The molecular weight excluding hydrogens is 346 g/mol. The van der Waals surface area contributed by atoms with Crippen LogP contribution in [0.1, 0.15) is 28.4 Å². The van der Waals surface area contributed by atoms with Gasteiger partial charge in [-0.3, -0.25) is 4.79 Å². The number of hydrogen-bond donors (Lipinski definition) is 1. The van der Waals surface area contributed by atoms with Gasteiger partial charge in [-0.1, -0.05) is 17.7 Å². The van der Waals surface area contributed by atoms with Crippen molar-refractivity contribution in [3.05, 3.63) is 65.5 Å². The zero-order chi connectivity index (χ0) is 19.4. The number of carbonyl (C=O) groups excluding carboxylic acids is 2. The van der Waals surface area contributed by atoms with E-state index in [9.17, 15) is 9.59 Å². The second-order valence-corrected chi connectivity index (χ2v) is 6.16. The summed E-state index contributed by atoms with van der Waals surface area (Å²) in [6.07, 6.45) is 0.518. The number of anilines is 1. The molecule has 1 unspecified atom stereocenters. The van der Waals surface area contributed by atoms with Gasteiger partial charge in [0, 0.05) is 5.69 Å². The Morgan fingerprint density at radius 2 is 1.85 bits per heavy atom. The number of amides is 1. The summed E-state index contributed by atoms with van der Waals surface area (Å²) in [5.41, 5.74) is 3.78. The van der Waals surface area contributed by atoms with Gasteiger partial charge >= 0.3 is 5.97 Å². The fraction of sp³-hybridized carbons (Fsp3) is 0.211. The van der Waals surface area contributed by atoms with Crippen molar-refractivity contribution in [1.29, 1.82) is 0 Å². The van der Waals surface area contributed by atoms with Crippen LogP contribution in [-0.4, -0.2) is 38.2 Å². The fourth-order valence-corrected chi connectivity index (χ4v) is 2.50. The molecule has 8 nitrogen and oxygen atoms in total. The summed E-state index contributed by atoms with van der Waals surface area (Å²) in [6.45, 7) is 5.42. The number of aromatic nitrogens is 4. The first kappa shape index (κ1) is 18.2. The number of ether oxygens (including phenoxy) is 1. The Hall–Kier alpha value is -3.55. The van der Waals surface area contributed by atoms with Crippen molar-refractivity contribution in [2.24, 2.45) is 0 Å². The third-order valence-electron chi connectivity index (χ3n) is 4.01. The van der Waals surface area contributed by atoms with Crippen molar-refractivity contribution < 1.29 is 14.3 Å². The number of esters is 1. The molecule has 0 aliphatic heterocycles. The first-order valence-electron chi connectivity index (χ1n) is 8.36. The second kappa shape index (κ2) is 7.77. The Kier molecular flexibility index (Phi) is 5.25. The molecule has 138 valence electrons. The molecule has 1 amide bonds. The number of tetrazole rings is 1. The monoisotopic (exact) mass is 365 g/mol. The Labute approximate surface area is 156 Å². The van der Waals surface area contributed by atoms with Crippen LogP contribution in [0.2, 0.25) is 0 Å². The quantitative estimate of drug-likeness (QED) is 0.697. The fourth-order valence-electron chi connectivity index (χ4n) is 2.50. The number of benzene rings is 2. The number of aryl methyl sites for hydroxylation is 2. The molecule has 1 N–H and O–H groups in total. The van der Waals surface area contributed by atoms with Gasteiger partial charge in [0.1, 0.15) is 6.33 Å². The van der Waals surface area contributed by atoms with E-state index in [-0.39, 0.29) is 5.91 Å². The molecule has 0 spiro atoms. The molecule has 0 saturated carbocycles. The molecule has 0 aliphatic carbocycles. The lowest BCUT2D eigenvalue weighted by atomic mass is 10.1. The van der Waals surface area contributed by atoms with Crippen molar-refractivity contribution in [2.45, 2.75) is 26.9 Å². The van der Waals surface area contributed by atoms with Crippen molar-refractivity contribution in [2.75, 3.05) is 5.32 Å². The summed E-state index contributed by atoms with van der Waals surface area (Å²) < 4.78 is 6.73. The highest BCUT2D eigenvalue weighted by Crippen LogP contribution is 2.17. The highest BCUT2D eigenvalue weighted by Gasteiger charge is 2.19. The number of rotatable bonds is 5. The highest BCUT2D eigenvalue weighted by molar-refractivity contribution is 5.97. The lowest BCUT2D eigenvalue weighted by Crippen LogP contribution is -2.30. The molecule has 1 aromatic heterocycles. The van der Waals surface area contributed by atoms with Crippen LogP contribution in [0.5, 0.6) is 0 Å². The van der Waals surface area contributed by atoms with E-state index >= 15 is 0 Å². The molecule has 0 fully saturated rings. The van der Waals surface area contributed by atoms with Crippen molar-refractivity contribution in [3.8, 4) is 5.69 Å². The van der Waals surface area contributed by atoms with Gasteiger partial charge in [-0.05, 0) is 67.1 Å². The Balaban J connectivity index is 1.62. The van der Waals surface area contributed by atoms with E-state index in [2.05, 4.69) is 20.8 Å². The third-order valence-corrected chi connectivity index (χ3v) is 4.01. The number of nitrogens with one attached hydrogen (secondary N) is 1. The topological polar surface area (TPSA) is 99.0 Å². The second-order valence-electron chi connectivity index (χ2n) is 6.16. The summed E-state index contributed by atoms with van der Waals surface area (Å²) in [6, 6.07) is 12.3. The maximum Gasteiger partial charge on any atom is 0.338 e. The molecule has 0 radical (unpaired) electrons. The van der Waals surface area contributed by atoms with Gasteiger partial charge < -0.3 is 10.1 Å². The molecule has 8 heteroatoms. The number of hydrogen-bond acceptors (Lipinski definition) is 6. The standard InChI is InChI=1S/C19H19N5O3/c1-12-4-9-17(13(2)10-12)21-18(25)14(3)27-19(26)15-5-7-16(8-6-15)24-11-20-22-23-24/h4-11,14H,1-3H3,(H,21,25). The number of nitrogens with zero attached hydrogens (tertiary/aromatic N) is 4. The van der Waals surface area contributed by atoms with Gasteiger partial charge in [0.05, 0.1) is 11.3 Å². The first-order valence-corrected chi connectivity index (χ1v) is 8.36. The molecule has 1 atom stereocenters. The van der Waals surface area contributed by atoms with E-state index in [1.807, 2.05) is 32.0 Å². The van der Waals surface area contributed by atoms with E-state index in [0.29, 0.717) is 16.9 Å². The predicted molar refractivity (Wildman–Crippen MR) is 98.6 cm³/mol. The minimum Gasteiger partial charge on any atom is -0.449 e. The molecule has 27 heavy (non-hydrogen) atoms. The van der Waals surface area contributed by atoms with Crippen LogP contribution in [0.25, 0.3) is 5.69 Å². The normalized spacial score (nSPS) is 11.7. The molecule has 1 heterocycles. The smallest absolute Gasteiger partial charge is 0.338 e. The first-order chi connectivity index (χ1) is 12.9. The predicted octanol–water partition coefficient (Wildman–Crippen LogP) is 2.46. The molecular formula is C19H19N5O3. The molecule has 2 aromatic carbocycles. The largest absolute Gasteiger partial charge is 0.449 e. The SMILES string of the molecule is Cc1ccc(NC(=O)C(C)OC(=O)c2ccc(-n3cnnn3)cc2)c(C)c1. The zero-order valence-electron chi connectivity index (χ0n) is 15.2. The van der Waals surface area contributed by atoms with Crippen LogP contribution in [0.15, 0.2) is 48.8 Å². The van der Waals surface area contributed by atoms with Crippen molar-refractivity contribution in [1.82, 2.24) is 20.2 Å². The molecule has 0 saturated heterocycles. The van der Waals surface area contributed by atoms with Gasteiger partial charge in [-0.2, -0.15) is 0 Å². The van der Waals surface area contributed by atoms with Crippen LogP contribution in [0.3, 0.4) is 0 Å². The average Bonchev–Trinajstić information content (AvgIpc) is 3.18. The van der Waals surface area contributed by atoms with Gasteiger partial charge in [0.25, 0.3) is 5.91 Å². The Bertz CT molecular complexity index is 952. The van der Waals surface area contributed by atoms with Gasteiger partial charge in [-0.25, -0.2) is 9.48 Å². The Morgan fingerprint density at radius 3 is 2.48 bits per heavy atom. The summed E-state index contributed by atoms with van der Waals surface area (Å²) in [5.74, 6) is -0.970. The van der Waals surface area contributed by atoms with E-state index in [4.69, 9.17) is 4.74 Å². The molecule has 0 bridgehead atoms. The minimum atomic E-state index is -0.933. The van der Waals surface area contributed by atoms with Crippen LogP contribution in [0, 0.1) is 13.8 Å². The highest BCUT2D eigenvalue weighted by atomic mass is 16.5. The summed E-state index contributed by atoms with van der Waals surface area (Å²) in [4.78, 5) is 24.6. The van der Waals surface area contributed by atoms with E-state index in [1.54, 1.807) is 24.3 Å². The number of carbonyl (C=O) groups is 2. The van der Waals surface area contributed by atoms with Crippen LogP contribution >= 0.6 is 0 Å². The lowest BCUT2D eigenvalue weighted by Gasteiger charge is -2.15. The van der Waals surface area contributed by atoms with Crippen LogP contribution in [-0.2, 0) is 9.53 Å². The van der Waals surface area contributed by atoms with Gasteiger partial charge in [0.15, 0.2) is 6.10 Å². The van der Waals surface area contributed by atoms with Crippen LogP contribution < -0.4 is 5.32 Å². The zero-order valence-corrected chi connectivity index (χ0v) is 15.2. The van der Waals surface area contributed by atoms with E-state index < -0.39 is 12.1 Å². The third kappa shape index (κ3) is 4.35. The van der Waals surface area contributed by atoms with Gasteiger partial charge in [0.2, 0.25) is 0 Å². The van der Waals surface area contributed by atoms with Gasteiger partial charge in [-0.15, -0.1) is 5.10 Å². The maximum absolute atomic E-state index is 12.3. The minimum absolute atomic E-state index is 0.331. The van der Waals surface area contributed by atoms with Crippen molar-refractivity contribution in [3.63, 3.8) is 0 Å². The summed E-state index contributed by atoms with van der Waals surface area (Å²) in [5, 5.41) is 13.7.